The van der Waals surface area contributed by atoms with Crippen molar-refractivity contribution in [1.29, 1.82) is 0 Å². The molecule has 0 aliphatic heterocycles. The summed E-state index contributed by atoms with van der Waals surface area (Å²) in [5.74, 6) is -0.00188. The Kier molecular flexibility index (Phi) is 4.39. The zero-order valence-electron chi connectivity index (χ0n) is 9.60. The van der Waals surface area contributed by atoms with E-state index in [1.165, 1.54) is 0 Å². The van der Waals surface area contributed by atoms with Crippen molar-refractivity contribution in [1.82, 2.24) is 0 Å². The Labute approximate surface area is 110 Å². The molecule has 88 valence electrons. The summed E-state index contributed by atoms with van der Waals surface area (Å²) >= 11 is 9.30. The third kappa shape index (κ3) is 2.98. The lowest BCUT2D eigenvalue weighted by atomic mass is 9.89. The molecule has 0 spiro atoms. The molecule has 0 unspecified atom stereocenters. The Hall–Kier alpha value is -0.540. The van der Waals surface area contributed by atoms with Crippen LogP contribution >= 0.6 is 27.5 Å². The molecule has 0 heterocycles. The highest BCUT2D eigenvalue weighted by Crippen LogP contribution is 2.31. The van der Waals surface area contributed by atoms with E-state index in [4.69, 9.17) is 11.6 Å². The van der Waals surface area contributed by atoms with Crippen molar-refractivity contribution in [2.75, 3.05) is 5.32 Å². The van der Waals surface area contributed by atoms with Crippen molar-refractivity contribution in [3.63, 3.8) is 0 Å². The predicted molar refractivity (Wildman–Crippen MR) is 71.9 cm³/mol. The van der Waals surface area contributed by atoms with Crippen LogP contribution in [0.4, 0.5) is 5.69 Å². The van der Waals surface area contributed by atoms with Gasteiger partial charge in [-0.2, -0.15) is 0 Å². The number of anilines is 1. The first-order chi connectivity index (χ1) is 7.38. The molecule has 0 saturated carbocycles. The van der Waals surface area contributed by atoms with Crippen LogP contribution in [0.3, 0.4) is 0 Å². The second kappa shape index (κ2) is 5.19. The fourth-order valence-corrected chi connectivity index (χ4v) is 1.59. The van der Waals surface area contributed by atoms with Gasteiger partial charge in [0.1, 0.15) is 0 Å². The molecule has 0 saturated heterocycles. The maximum Gasteiger partial charge on any atom is 0.230 e. The van der Waals surface area contributed by atoms with Crippen molar-refractivity contribution in [2.45, 2.75) is 27.2 Å². The van der Waals surface area contributed by atoms with Gasteiger partial charge in [0.05, 0.1) is 15.2 Å². The molecule has 0 aromatic heterocycles. The minimum atomic E-state index is -0.373. The number of halogens is 2. The monoisotopic (exact) mass is 303 g/mol. The number of nitrogens with one attached hydrogen (secondary N) is 1. The van der Waals surface area contributed by atoms with Crippen LogP contribution in [-0.2, 0) is 4.79 Å². The normalized spacial score (nSPS) is 11.3. The van der Waals surface area contributed by atoms with Crippen LogP contribution in [0, 0.1) is 5.41 Å². The summed E-state index contributed by atoms with van der Waals surface area (Å²) in [6.45, 7) is 5.83. The van der Waals surface area contributed by atoms with E-state index >= 15 is 0 Å². The van der Waals surface area contributed by atoms with Gasteiger partial charge in [0, 0.05) is 5.41 Å². The molecule has 0 fully saturated rings. The summed E-state index contributed by atoms with van der Waals surface area (Å²) in [6.07, 6.45) is 0.789. The van der Waals surface area contributed by atoms with E-state index in [2.05, 4.69) is 21.2 Å². The Morgan fingerprint density at radius 3 is 2.69 bits per heavy atom. The zero-order valence-corrected chi connectivity index (χ0v) is 11.9. The molecular weight excluding hydrogens is 289 g/mol. The summed E-state index contributed by atoms with van der Waals surface area (Å²) in [5, 5.41) is 3.46. The third-order valence-corrected chi connectivity index (χ3v) is 4.10. The highest BCUT2D eigenvalue weighted by atomic mass is 79.9. The Balaban J connectivity index is 2.90. The number of amides is 1. The fraction of sp³-hybridized carbons (Fsp3) is 0.417. The van der Waals surface area contributed by atoms with Gasteiger partial charge in [-0.1, -0.05) is 38.4 Å². The molecule has 4 heteroatoms. The lowest BCUT2D eigenvalue weighted by molar-refractivity contribution is -0.124. The molecule has 0 radical (unpaired) electrons. The zero-order chi connectivity index (χ0) is 12.3. The SMILES string of the molecule is CCC(C)(C)C(=O)Nc1cccc(Cl)c1Br. The van der Waals surface area contributed by atoms with Crippen molar-refractivity contribution >= 4 is 39.1 Å². The van der Waals surface area contributed by atoms with Crippen molar-refractivity contribution in [3.05, 3.63) is 27.7 Å². The number of carbonyl (C=O) groups is 1. The van der Waals surface area contributed by atoms with Crippen LogP contribution in [0.2, 0.25) is 5.02 Å². The fourth-order valence-electron chi connectivity index (χ4n) is 1.05. The first-order valence-electron chi connectivity index (χ1n) is 5.14. The molecule has 0 aliphatic carbocycles. The van der Waals surface area contributed by atoms with Gasteiger partial charge in [-0.05, 0) is 34.5 Å². The quantitative estimate of drug-likeness (QED) is 0.876. The van der Waals surface area contributed by atoms with E-state index in [0.29, 0.717) is 10.7 Å². The van der Waals surface area contributed by atoms with E-state index in [1.807, 2.05) is 32.9 Å². The van der Waals surface area contributed by atoms with Crippen molar-refractivity contribution in [3.8, 4) is 0 Å². The van der Waals surface area contributed by atoms with Crippen LogP contribution in [0.5, 0.6) is 0 Å². The lowest BCUT2D eigenvalue weighted by Gasteiger charge is -2.22. The van der Waals surface area contributed by atoms with E-state index in [-0.39, 0.29) is 11.3 Å². The number of hydrogen-bond donors (Lipinski definition) is 1. The van der Waals surface area contributed by atoms with Gasteiger partial charge in [0.25, 0.3) is 0 Å². The second-order valence-corrected chi connectivity index (χ2v) is 5.49. The average molecular weight is 305 g/mol. The van der Waals surface area contributed by atoms with E-state index in [1.54, 1.807) is 6.07 Å². The smallest absolute Gasteiger partial charge is 0.230 e. The molecule has 1 aromatic carbocycles. The molecule has 2 nitrogen and oxygen atoms in total. The number of hydrogen-bond acceptors (Lipinski definition) is 1. The Morgan fingerprint density at radius 1 is 1.50 bits per heavy atom. The minimum Gasteiger partial charge on any atom is -0.325 e. The summed E-state index contributed by atoms with van der Waals surface area (Å²) in [5.41, 5.74) is 0.334. The molecule has 1 rings (SSSR count). The van der Waals surface area contributed by atoms with Crippen LogP contribution in [0.25, 0.3) is 0 Å². The first-order valence-corrected chi connectivity index (χ1v) is 6.31. The van der Waals surface area contributed by atoms with Gasteiger partial charge in [-0.25, -0.2) is 0 Å². The summed E-state index contributed by atoms with van der Waals surface area (Å²) in [4.78, 5) is 12.0. The van der Waals surface area contributed by atoms with Gasteiger partial charge in [0.2, 0.25) is 5.91 Å². The summed E-state index contributed by atoms with van der Waals surface area (Å²) in [7, 11) is 0. The summed E-state index contributed by atoms with van der Waals surface area (Å²) in [6, 6.07) is 5.40. The lowest BCUT2D eigenvalue weighted by Crippen LogP contribution is -2.30. The minimum absolute atomic E-state index is 0.00188. The number of rotatable bonds is 3. The molecule has 1 N–H and O–H groups in total. The maximum atomic E-state index is 12.0. The molecule has 0 aliphatic rings. The third-order valence-electron chi connectivity index (χ3n) is 2.70. The molecule has 16 heavy (non-hydrogen) atoms. The van der Waals surface area contributed by atoms with Gasteiger partial charge in [-0.3, -0.25) is 4.79 Å². The van der Waals surface area contributed by atoms with E-state index in [0.717, 1.165) is 10.9 Å². The van der Waals surface area contributed by atoms with Gasteiger partial charge < -0.3 is 5.32 Å². The van der Waals surface area contributed by atoms with Crippen LogP contribution < -0.4 is 5.32 Å². The largest absolute Gasteiger partial charge is 0.325 e. The topological polar surface area (TPSA) is 29.1 Å². The molecular formula is C12H15BrClNO. The van der Waals surface area contributed by atoms with Crippen LogP contribution in [0.1, 0.15) is 27.2 Å². The highest BCUT2D eigenvalue weighted by molar-refractivity contribution is 9.10. The molecule has 1 amide bonds. The van der Waals surface area contributed by atoms with Gasteiger partial charge in [0.15, 0.2) is 0 Å². The number of carbonyl (C=O) groups excluding carboxylic acids is 1. The molecule has 1 aromatic rings. The van der Waals surface area contributed by atoms with E-state index < -0.39 is 0 Å². The molecule has 0 atom stereocenters. The number of benzene rings is 1. The Morgan fingerprint density at radius 2 is 2.12 bits per heavy atom. The highest BCUT2D eigenvalue weighted by Gasteiger charge is 2.25. The van der Waals surface area contributed by atoms with Crippen molar-refractivity contribution < 1.29 is 4.79 Å². The van der Waals surface area contributed by atoms with Crippen LogP contribution in [-0.4, -0.2) is 5.91 Å². The predicted octanol–water partition coefficient (Wildman–Crippen LogP) is 4.48. The van der Waals surface area contributed by atoms with E-state index in [9.17, 15) is 4.79 Å². The van der Waals surface area contributed by atoms with Gasteiger partial charge >= 0.3 is 0 Å². The Bertz CT molecular complexity index is 404. The second-order valence-electron chi connectivity index (χ2n) is 4.29. The summed E-state index contributed by atoms with van der Waals surface area (Å²) < 4.78 is 0.719. The standard InChI is InChI=1S/C12H15BrClNO/c1-4-12(2,3)11(16)15-9-7-5-6-8(14)10(9)13/h5-7H,4H2,1-3H3,(H,15,16). The van der Waals surface area contributed by atoms with Gasteiger partial charge in [-0.15, -0.1) is 0 Å². The average Bonchev–Trinajstić information content (AvgIpc) is 2.24. The molecule has 0 bridgehead atoms. The van der Waals surface area contributed by atoms with Crippen molar-refractivity contribution in [2.24, 2.45) is 5.41 Å². The first kappa shape index (κ1) is 13.5. The van der Waals surface area contributed by atoms with Crippen LogP contribution in [0.15, 0.2) is 22.7 Å². The maximum absolute atomic E-state index is 12.0.